The fraction of sp³-hybridized carbons (Fsp3) is 0.231. The number of aryl methyl sites for hydroxylation is 1. The zero-order valence-corrected chi connectivity index (χ0v) is 11.8. The molecule has 0 aliphatic rings. The van der Waals surface area contributed by atoms with E-state index in [-0.39, 0.29) is 0 Å². The van der Waals surface area contributed by atoms with Crippen LogP contribution in [0.5, 0.6) is 0 Å². The summed E-state index contributed by atoms with van der Waals surface area (Å²) in [4.78, 5) is 8.85. The molecule has 1 aromatic carbocycles. The molecule has 1 heterocycles. The van der Waals surface area contributed by atoms with Gasteiger partial charge in [-0.05, 0) is 24.6 Å². The van der Waals surface area contributed by atoms with E-state index in [9.17, 15) is 0 Å². The van der Waals surface area contributed by atoms with E-state index in [1.54, 1.807) is 0 Å². The second-order valence-electron chi connectivity index (χ2n) is 3.82. The number of hydrogen-bond acceptors (Lipinski definition) is 2. The molecule has 0 radical (unpaired) electrons. The van der Waals surface area contributed by atoms with Crippen LogP contribution in [-0.4, -0.2) is 9.97 Å². The lowest BCUT2D eigenvalue weighted by molar-refractivity contribution is 0.910. The van der Waals surface area contributed by atoms with Crippen molar-refractivity contribution in [2.45, 2.75) is 19.2 Å². The van der Waals surface area contributed by atoms with E-state index in [2.05, 4.69) is 32.0 Å². The highest BCUT2D eigenvalue weighted by molar-refractivity contribution is 9.10. The van der Waals surface area contributed by atoms with Crippen molar-refractivity contribution in [3.05, 3.63) is 57.6 Å². The molecule has 0 aliphatic carbocycles. The van der Waals surface area contributed by atoms with Crippen molar-refractivity contribution in [1.29, 1.82) is 0 Å². The minimum absolute atomic E-state index is 0.423. The van der Waals surface area contributed by atoms with E-state index in [0.717, 1.165) is 21.7 Å². The molecule has 0 aliphatic heterocycles. The van der Waals surface area contributed by atoms with Crippen LogP contribution >= 0.6 is 27.5 Å². The number of rotatable bonds is 3. The fourth-order valence-corrected chi connectivity index (χ4v) is 2.22. The first-order valence-corrected chi connectivity index (χ1v) is 6.64. The average molecular weight is 312 g/mol. The SMILES string of the molecule is Cc1cc(CCl)nc(Cc2ccccc2Br)n1. The molecule has 1 aromatic heterocycles. The Labute approximate surface area is 114 Å². The zero-order chi connectivity index (χ0) is 12.3. The highest BCUT2D eigenvalue weighted by Gasteiger charge is 2.05. The van der Waals surface area contributed by atoms with Gasteiger partial charge in [0.2, 0.25) is 0 Å². The van der Waals surface area contributed by atoms with Gasteiger partial charge < -0.3 is 0 Å². The molecule has 88 valence electrons. The van der Waals surface area contributed by atoms with E-state index in [0.29, 0.717) is 12.3 Å². The largest absolute Gasteiger partial charge is 0.238 e. The molecule has 0 atom stereocenters. The van der Waals surface area contributed by atoms with Gasteiger partial charge in [-0.25, -0.2) is 9.97 Å². The third-order valence-corrected chi connectivity index (χ3v) is 3.44. The molecule has 4 heteroatoms. The van der Waals surface area contributed by atoms with Gasteiger partial charge in [0.1, 0.15) is 5.82 Å². The summed E-state index contributed by atoms with van der Waals surface area (Å²) in [7, 11) is 0. The first kappa shape index (κ1) is 12.5. The number of aromatic nitrogens is 2. The van der Waals surface area contributed by atoms with Gasteiger partial charge >= 0.3 is 0 Å². The minimum atomic E-state index is 0.423. The van der Waals surface area contributed by atoms with E-state index in [4.69, 9.17) is 11.6 Å². The van der Waals surface area contributed by atoms with Crippen LogP contribution in [0.15, 0.2) is 34.8 Å². The summed E-state index contributed by atoms with van der Waals surface area (Å²) < 4.78 is 1.08. The summed E-state index contributed by atoms with van der Waals surface area (Å²) in [6.07, 6.45) is 0.715. The van der Waals surface area contributed by atoms with E-state index >= 15 is 0 Å². The Kier molecular flexibility index (Phi) is 4.13. The highest BCUT2D eigenvalue weighted by atomic mass is 79.9. The van der Waals surface area contributed by atoms with Gasteiger partial charge in [0.25, 0.3) is 0 Å². The Bertz CT molecular complexity index is 529. The maximum Gasteiger partial charge on any atom is 0.133 e. The maximum absolute atomic E-state index is 5.81. The van der Waals surface area contributed by atoms with Crippen LogP contribution in [-0.2, 0) is 12.3 Å². The lowest BCUT2D eigenvalue weighted by Crippen LogP contribution is -2.01. The molecule has 0 amide bonds. The third kappa shape index (κ3) is 3.27. The van der Waals surface area contributed by atoms with Crippen molar-refractivity contribution >= 4 is 27.5 Å². The lowest BCUT2D eigenvalue weighted by atomic mass is 10.1. The number of hydrogen-bond donors (Lipinski definition) is 0. The Morgan fingerprint density at radius 1 is 1.24 bits per heavy atom. The molecule has 0 fully saturated rings. The summed E-state index contributed by atoms with van der Waals surface area (Å²) in [5.41, 5.74) is 3.01. The van der Waals surface area contributed by atoms with E-state index in [1.165, 1.54) is 5.56 Å². The van der Waals surface area contributed by atoms with Crippen molar-refractivity contribution in [1.82, 2.24) is 9.97 Å². The first-order chi connectivity index (χ1) is 8.19. The smallest absolute Gasteiger partial charge is 0.133 e. The standard InChI is InChI=1S/C13H12BrClN2/c1-9-6-11(8-15)17-13(16-9)7-10-4-2-3-5-12(10)14/h2-6H,7-8H2,1H3. The highest BCUT2D eigenvalue weighted by Crippen LogP contribution is 2.18. The van der Waals surface area contributed by atoms with Gasteiger partial charge in [-0.15, -0.1) is 11.6 Å². The molecule has 0 spiro atoms. The van der Waals surface area contributed by atoms with Gasteiger partial charge in [0.05, 0.1) is 11.6 Å². The quantitative estimate of drug-likeness (QED) is 0.804. The van der Waals surface area contributed by atoms with Gasteiger partial charge in [-0.1, -0.05) is 34.1 Å². The molecule has 0 saturated carbocycles. The minimum Gasteiger partial charge on any atom is -0.238 e. The van der Waals surface area contributed by atoms with Crippen LogP contribution in [0.4, 0.5) is 0 Å². The van der Waals surface area contributed by atoms with Crippen molar-refractivity contribution < 1.29 is 0 Å². The summed E-state index contributed by atoms with van der Waals surface area (Å²) >= 11 is 9.33. The summed E-state index contributed by atoms with van der Waals surface area (Å²) in [5, 5.41) is 0. The number of benzene rings is 1. The van der Waals surface area contributed by atoms with Gasteiger partial charge in [-0.3, -0.25) is 0 Å². The first-order valence-electron chi connectivity index (χ1n) is 5.32. The van der Waals surface area contributed by atoms with Crippen LogP contribution in [0.3, 0.4) is 0 Å². The lowest BCUT2D eigenvalue weighted by Gasteiger charge is -2.05. The number of alkyl halides is 1. The number of halogens is 2. The fourth-order valence-electron chi connectivity index (χ4n) is 1.66. The molecule has 2 nitrogen and oxygen atoms in total. The topological polar surface area (TPSA) is 25.8 Å². The van der Waals surface area contributed by atoms with Crippen molar-refractivity contribution in [2.75, 3.05) is 0 Å². The number of nitrogens with zero attached hydrogens (tertiary/aromatic N) is 2. The van der Waals surface area contributed by atoms with Crippen molar-refractivity contribution in [3.63, 3.8) is 0 Å². The molecule has 0 bridgehead atoms. The summed E-state index contributed by atoms with van der Waals surface area (Å²) in [6.45, 7) is 1.96. The Balaban J connectivity index is 2.30. The maximum atomic E-state index is 5.81. The summed E-state index contributed by atoms with van der Waals surface area (Å²) in [5.74, 6) is 1.24. The third-order valence-electron chi connectivity index (χ3n) is 2.40. The zero-order valence-electron chi connectivity index (χ0n) is 9.45. The molecular formula is C13H12BrClN2. The Hall–Kier alpha value is -0.930. The Morgan fingerprint density at radius 3 is 2.71 bits per heavy atom. The average Bonchev–Trinajstić information content (AvgIpc) is 2.31. The van der Waals surface area contributed by atoms with Crippen LogP contribution < -0.4 is 0 Å². The van der Waals surface area contributed by atoms with Crippen LogP contribution in [0.2, 0.25) is 0 Å². The molecule has 0 saturated heterocycles. The molecule has 0 unspecified atom stereocenters. The monoisotopic (exact) mass is 310 g/mol. The normalized spacial score (nSPS) is 10.5. The van der Waals surface area contributed by atoms with Gasteiger partial charge in [-0.2, -0.15) is 0 Å². The summed E-state index contributed by atoms with van der Waals surface area (Å²) in [6, 6.07) is 10.0. The van der Waals surface area contributed by atoms with Crippen LogP contribution in [0, 0.1) is 6.92 Å². The van der Waals surface area contributed by atoms with Crippen LogP contribution in [0.1, 0.15) is 22.8 Å². The van der Waals surface area contributed by atoms with Crippen LogP contribution in [0.25, 0.3) is 0 Å². The molecule has 0 N–H and O–H groups in total. The van der Waals surface area contributed by atoms with Gasteiger partial charge in [0, 0.05) is 16.6 Å². The second-order valence-corrected chi connectivity index (χ2v) is 4.94. The predicted octanol–water partition coefficient (Wildman–Crippen LogP) is 3.88. The molecule has 17 heavy (non-hydrogen) atoms. The van der Waals surface area contributed by atoms with E-state index < -0.39 is 0 Å². The van der Waals surface area contributed by atoms with Gasteiger partial charge in [0.15, 0.2) is 0 Å². The Morgan fingerprint density at radius 2 is 2.00 bits per heavy atom. The molecule has 2 rings (SSSR count). The van der Waals surface area contributed by atoms with E-state index in [1.807, 2.05) is 31.2 Å². The van der Waals surface area contributed by atoms with Crippen molar-refractivity contribution in [3.8, 4) is 0 Å². The predicted molar refractivity (Wildman–Crippen MR) is 73.3 cm³/mol. The second kappa shape index (κ2) is 5.61. The molecular weight excluding hydrogens is 300 g/mol. The molecule has 2 aromatic rings. The van der Waals surface area contributed by atoms with Crippen molar-refractivity contribution in [2.24, 2.45) is 0 Å².